The highest BCUT2D eigenvalue weighted by atomic mass is 17.3. The molecule has 0 radical (unpaired) electrons. The van der Waals surface area contributed by atoms with E-state index in [0.717, 1.165) is 12.8 Å². The van der Waals surface area contributed by atoms with Crippen molar-refractivity contribution >= 4 is 0 Å². The van der Waals surface area contributed by atoms with Crippen LogP contribution in [0.25, 0.3) is 0 Å². The van der Waals surface area contributed by atoms with E-state index in [1.807, 2.05) is 6.92 Å². The fourth-order valence-electron chi connectivity index (χ4n) is 3.26. The molecule has 4 rings (SSSR count). The minimum Gasteiger partial charge on any atom is -0.353 e. The number of rotatable bonds is 1. The summed E-state index contributed by atoms with van der Waals surface area (Å²) in [5, 5.41) is 0. The molecule has 4 atom stereocenters. The lowest BCUT2D eigenvalue weighted by molar-refractivity contribution is -0.587. The monoisotopic (exact) mass is 214 g/mol. The van der Waals surface area contributed by atoms with Crippen LogP contribution in [-0.2, 0) is 19.2 Å². The van der Waals surface area contributed by atoms with Gasteiger partial charge < -0.3 is 9.47 Å². The van der Waals surface area contributed by atoms with Gasteiger partial charge in [0.05, 0.1) is 0 Å². The standard InChI is InChI=1S/C11H18O4/c1-10-7-8-5-3-4-6-11(8,15-14-10)9(12-2)13-10/h8-9H,3-7H2,1-2H3/t8-,9+,10-,11+/m1/s1. The molecular formula is C11H18O4. The topological polar surface area (TPSA) is 36.9 Å². The highest BCUT2D eigenvalue weighted by Crippen LogP contribution is 2.54. The molecule has 3 saturated heterocycles. The van der Waals surface area contributed by atoms with Gasteiger partial charge in [0.25, 0.3) is 0 Å². The second kappa shape index (κ2) is 3.17. The van der Waals surface area contributed by atoms with Gasteiger partial charge in [-0.25, -0.2) is 9.78 Å². The van der Waals surface area contributed by atoms with Crippen molar-refractivity contribution in [1.29, 1.82) is 0 Å². The minimum atomic E-state index is -0.607. The third-order valence-electron chi connectivity index (χ3n) is 4.02. The van der Waals surface area contributed by atoms with Gasteiger partial charge in [-0.2, -0.15) is 0 Å². The van der Waals surface area contributed by atoms with Crippen molar-refractivity contribution in [3.05, 3.63) is 0 Å². The van der Waals surface area contributed by atoms with Crippen molar-refractivity contribution < 1.29 is 19.2 Å². The molecule has 1 aliphatic carbocycles. The summed E-state index contributed by atoms with van der Waals surface area (Å²) in [7, 11) is 1.68. The lowest BCUT2D eigenvalue weighted by Crippen LogP contribution is -2.68. The van der Waals surface area contributed by atoms with Crippen LogP contribution < -0.4 is 0 Å². The van der Waals surface area contributed by atoms with Gasteiger partial charge >= 0.3 is 0 Å². The Morgan fingerprint density at radius 2 is 2.13 bits per heavy atom. The average molecular weight is 214 g/mol. The maximum absolute atomic E-state index is 5.81. The number of hydrogen-bond acceptors (Lipinski definition) is 4. The Kier molecular flexibility index (Phi) is 2.12. The van der Waals surface area contributed by atoms with E-state index in [4.69, 9.17) is 19.2 Å². The first-order valence-corrected chi connectivity index (χ1v) is 5.76. The first-order chi connectivity index (χ1) is 7.19. The normalized spacial score (nSPS) is 54.0. The van der Waals surface area contributed by atoms with E-state index in [0.29, 0.717) is 5.92 Å². The molecule has 0 amide bonds. The molecule has 1 saturated carbocycles. The van der Waals surface area contributed by atoms with Gasteiger partial charge in [0.2, 0.25) is 5.79 Å². The van der Waals surface area contributed by atoms with Crippen LogP contribution in [0.3, 0.4) is 0 Å². The second-order valence-electron chi connectivity index (χ2n) is 5.09. The van der Waals surface area contributed by atoms with Gasteiger partial charge in [0.15, 0.2) is 11.9 Å². The zero-order valence-electron chi connectivity index (χ0n) is 9.32. The Hall–Kier alpha value is -0.160. The van der Waals surface area contributed by atoms with E-state index >= 15 is 0 Å². The number of ether oxygens (including phenoxy) is 2. The molecule has 4 nitrogen and oxygen atoms in total. The van der Waals surface area contributed by atoms with Crippen LogP contribution in [0.1, 0.15) is 39.0 Å². The Morgan fingerprint density at radius 1 is 1.27 bits per heavy atom. The molecule has 15 heavy (non-hydrogen) atoms. The first-order valence-electron chi connectivity index (χ1n) is 5.76. The Morgan fingerprint density at radius 3 is 2.93 bits per heavy atom. The Labute approximate surface area is 89.8 Å². The van der Waals surface area contributed by atoms with Crippen LogP contribution in [0.15, 0.2) is 0 Å². The molecular weight excluding hydrogens is 196 g/mol. The van der Waals surface area contributed by atoms with Gasteiger partial charge in [0.1, 0.15) is 0 Å². The maximum atomic E-state index is 5.81. The van der Waals surface area contributed by atoms with Gasteiger partial charge in [-0.3, -0.25) is 0 Å². The lowest BCUT2D eigenvalue weighted by atomic mass is 9.69. The second-order valence-corrected chi connectivity index (χ2v) is 5.09. The van der Waals surface area contributed by atoms with Crippen molar-refractivity contribution in [3.63, 3.8) is 0 Å². The highest BCUT2D eigenvalue weighted by Gasteiger charge is 2.63. The molecule has 4 heteroatoms. The fourth-order valence-corrected chi connectivity index (χ4v) is 3.26. The summed E-state index contributed by atoms with van der Waals surface area (Å²) < 4.78 is 11.2. The van der Waals surface area contributed by atoms with Crippen molar-refractivity contribution in [1.82, 2.24) is 0 Å². The number of fused-ring (bicyclic) bond motifs is 2. The predicted molar refractivity (Wildman–Crippen MR) is 51.8 cm³/mol. The van der Waals surface area contributed by atoms with E-state index in [-0.39, 0.29) is 11.9 Å². The summed E-state index contributed by atoms with van der Waals surface area (Å²) >= 11 is 0. The van der Waals surface area contributed by atoms with Crippen molar-refractivity contribution in [2.24, 2.45) is 5.92 Å². The molecule has 0 aromatic carbocycles. The van der Waals surface area contributed by atoms with E-state index in [1.165, 1.54) is 19.3 Å². The van der Waals surface area contributed by atoms with Crippen LogP contribution in [-0.4, -0.2) is 24.8 Å². The summed E-state index contributed by atoms with van der Waals surface area (Å²) in [6, 6.07) is 0. The fraction of sp³-hybridized carbons (Fsp3) is 1.00. The molecule has 0 unspecified atom stereocenters. The molecule has 2 bridgehead atoms. The molecule has 4 fully saturated rings. The van der Waals surface area contributed by atoms with E-state index < -0.39 is 5.79 Å². The SMILES string of the molecule is CO[C@H]1O[C@@]2(C)C[C@H]3CCCC[C@]31OO2. The summed E-state index contributed by atoms with van der Waals surface area (Å²) in [6.07, 6.45) is 5.28. The van der Waals surface area contributed by atoms with Gasteiger partial charge in [-0.1, -0.05) is 12.8 Å². The first kappa shape index (κ1) is 10.0. The van der Waals surface area contributed by atoms with Crippen LogP contribution in [0.4, 0.5) is 0 Å². The van der Waals surface area contributed by atoms with Gasteiger partial charge in [-0.05, 0) is 19.8 Å². The summed E-state index contributed by atoms with van der Waals surface area (Å²) in [5.74, 6) is -0.0894. The van der Waals surface area contributed by atoms with E-state index in [1.54, 1.807) is 7.11 Å². The third kappa shape index (κ3) is 1.29. The summed E-state index contributed by atoms with van der Waals surface area (Å²) in [4.78, 5) is 11.0. The van der Waals surface area contributed by atoms with Gasteiger partial charge in [0, 0.05) is 19.4 Å². The number of methoxy groups -OCH3 is 1. The van der Waals surface area contributed by atoms with Crippen LogP contribution in [0.2, 0.25) is 0 Å². The van der Waals surface area contributed by atoms with Crippen molar-refractivity contribution in [2.45, 2.75) is 56.7 Å². The van der Waals surface area contributed by atoms with Crippen molar-refractivity contribution in [2.75, 3.05) is 7.11 Å². The quantitative estimate of drug-likeness (QED) is 0.625. The molecule has 1 spiro atoms. The average Bonchev–Trinajstić information content (AvgIpc) is 2.26. The summed E-state index contributed by atoms with van der Waals surface area (Å²) in [6.45, 7) is 1.93. The zero-order chi connectivity index (χ0) is 10.5. The smallest absolute Gasteiger partial charge is 0.202 e. The van der Waals surface area contributed by atoms with Crippen LogP contribution in [0.5, 0.6) is 0 Å². The largest absolute Gasteiger partial charge is 0.353 e. The molecule has 3 aliphatic heterocycles. The molecule has 0 aromatic heterocycles. The minimum absolute atomic E-state index is 0.268. The van der Waals surface area contributed by atoms with Crippen LogP contribution >= 0.6 is 0 Å². The number of hydrogen-bond donors (Lipinski definition) is 0. The lowest BCUT2D eigenvalue weighted by Gasteiger charge is -2.58. The van der Waals surface area contributed by atoms with Gasteiger partial charge in [-0.15, -0.1) is 0 Å². The van der Waals surface area contributed by atoms with E-state index in [9.17, 15) is 0 Å². The molecule has 4 aliphatic rings. The maximum Gasteiger partial charge on any atom is 0.202 e. The van der Waals surface area contributed by atoms with Crippen molar-refractivity contribution in [3.8, 4) is 0 Å². The Bertz CT molecular complexity index is 257. The predicted octanol–water partition coefficient (Wildman–Crippen LogP) is 1.99. The third-order valence-corrected chi connectivity index (χ3v) is 4.02. The highest BCUT2D eigenvalue weighted by molar-refractivity contribution is 5.01. The van der Waals surface area contributed by atoms with E-state index in [2.05, 4.69) is 0 Å². The van der Waals surface area contributed by atoms with Crippen LogP contribution in [0, 0.1) is 5.92 Å². The Balaban J connectivity index is 1.94. The molecule has 0 N–H and O–H groups in total. The summed E-state index contributed by atoms with van der Waals surface area (Å²) in [5.41, 5.74) is -0.342. The molecule has 86 valence electrons. The zero-order valence-corrected chi connectivity index (χ0v) is 9.32. The molecule has 0 aromatic rings. The molecule has 3 heterocycles.